The zero-order valence-corrected chi connectivity index (χ0v) is 20.2. The van der Waals surface area contributed by atoms with Crippen LogP contribution in [0.15, 0.2) is 59.5 Å². The molecule has 0 N–H and O–H groups in total. The van der Waals surface area contributed by atoms with Gasteiger partial charge < -0.3 is 4.90 Å². The molecule has 0 bridgehead atoms. The molecule has 180 valence electrons. The first kappa shape index (κ1) is 24.4. The lowest BCUT2D eigenvalue weighted by Gasteiger charge is -2.35. The Bertz CT molecular complexity index is 1120. The molecule has 34 heavy (non-hydrogen) atoms. The smallest absolute Gasteiger partial charge is 0.244 e. The summed E-state index contributed by atoms with van der Waals surface area (Å²) in [6, 6.07) is 18.6. The highest BCUT2D eigenvalue weighted by Gasteiger charge is 2.32. The molecule has 0 aliphatic carbocycles. The van der Waals surface area contributed by atoms with Crippen molar-refractivity contribution in [1.82, 2.24) is 19.0 Å². The highest BCUT2D eigenvalue weighted by atomic mass is 32.2. The molecular weight excluding hydrogens is 450 g/mol. The van der Waals surface area contributed by atoms with Crippen molar-refractivity contribution in [2.75, 3.05) is 58.9 Å². The van der Waals surface area contributed by atoms with Crippen LogP contribution in [0.2, 0.25) is 0 Å². The van der Waals surface area contributed by atoms with Crippen LogP contribution in [0.3, 0.4) is 0 Å². The Kier molecular flexibility index (Phi) is 7.95. The average molecular weight is 482 g/mol. The first-order valence-electron chi connectivity index (χ1n) is 11.7. The summed E-state index contributed by atoms with van der Waals surface area (Å²) < 4.78 is 27.4. The normalized spacial score (nSPS) is 18.9. The van der Waals surface area contributed by atoms with Crippen molar-refractivity contribution in [3.05, 3.63) is 65.7 Å². The van der Waals surface area contributed by atoms with Gasteiger partial charge >= 0.3 is 0 Å². The van der Waals surface area contributed by atoms with Crippen LogP contribution in [-0.2, 0) is 21.4 Å². The van der Waals surface area contributed by atoms with Crippen LogP contribution in [0.1, 0.15) is 17.5 Å². The van der Waals surface area contributed by atoms with Gasteiger partial charge in [0.2, 0.25) is 15.9 Å². The topological polar surface area (TPSA) is 88.0 Å². The van der Waals surface area contributed by atoms with E-state index in [-0.39, 0.29) is 29.5 Å². The average Bonchev–Trinajstić information content (AvgIpc) is 3.09. The summed E-state index contributed by atoms with van der Waals surface area (Å²) in [5.74, 6) is 0.0472. The van der Waals surface area contributed by atoms with Gasteiger partial charge in [0, 0.05) is 45.8 Å². The third kappa shape index (κ3) is 5.83. The van der Waals surface area contributed by atoms with Crippen LogP contribution in [0.4, 0.5) is 0 Å². The predicted molar refractivity (Wildman–Crippen MR) is 129 cm³/mol. The molecular formula is C25H31N5O3S. The molecule has 0 aromatic heterocycles. The molecule has 0 unspecified atom stereocenters. The lowest BCUT2D eigenvalue weighted by molar-refractivity contribution is -0.133. The lowest BCUT2D eigenvalue weighted by Crippen LogP contribution is -2.52. The van der Waals surface area contributed by atoms with Gasteiger partial charge in [0.1, 0.15) is 6.07 Å². The van der Waals surface area contributed by atoms with E-state index < -0.39 is 10.0 Å². The van der Waals surface area contributed by atoms with Crippen LogP contribution in [-0.4, -0.2) is 92.2 Å². The van der Waals surface area contributed by atoms with E-state index >= 15 is 0 Å². The third-order valence-corrected chi connectivity index (χ3v) is 8.46. The Morgan fingerprint density at radius 2 is 1.47 bits per heavy atom. The van der Waals surface area contributed by atoms with Crippen LogP contribution < -0.4 is 0 Å². The van der Waals surface area contributed by atoms with Crippen molar-refractivity contribution in [2.45, 2.75) is 17.9 Å². The van der Waals surface area contributed by atoms with E-state index in [2.05, 4.69) is 34.1 Å². The van der Waals surface area contributed by atoms with Crippen molar-refractivity contribution in [3.63, 3.8) is 0 Å². The summed E-state index contributed by atoms with van der Waals surface area (Å²) >= 11 is 0. The Morgan fingerprint density at radius 1 is 0.824 bits per heavy atom. The standard InChI is InChI=1S/C25H31N5O3S/c26-19-23-9-4-5-10-24(23)34(32,33)30-17-15-29(16-18-30)25(31)21-28-12-6-11-27(13-14-28)20-22-7-2-1-3-8-22/h1-5,7-10H,6,11-18,20-21H2. The summed E-state index contributed by atoms with van der Waals surface area (Å²) in [5, 5.41) is 9.27. The summed E-state index contributed by atoms with van der Waals surface area (Å²) in [5.41, 5.74) is 1.45. The molecule has 0 radical (unpaired) electrons. The SMILES string of the molecule is N#Cc1ccccc1S(=O)(=O)N1CCN(C(=O)CN2CCCN(Cc3ccccc3)CC2)CC1. The summed E-state index contributed by atoms with van der Waals surface area (Å²) in [6.07, 6.45) is 1.02. The maximum Gasteiger partial charge on any atom is 0.244 e. The van der Waals surface area contributed by atoms with Crippen LogP contribution in [0.25, 0.3) is 0 Å². The maximum absolute atomic E-state index is 13.0. The number of carbonyl (C=O) groups excluding carboxylic acids is 1. The number of sulfonamides is 1. The number of amides is 1. The minimum absolute atomic E-state index is 0.0295. The molecule has 4 rings (SSSR count). The van der Waals surface area contributed by atoms with Gasteiger partial charge in [-0.15, -0.1) is 0 Å². The van der Waals surface area contributed by atoms with E-state index in [9.17, 15) is 18.5 Å². The number of hydrogen-bond donors (Lipinski definition) is 0. The van der Waals surface area contributed by atoms with Gasteiger partial charge in [-0.2, -0.15) is 9.57 Å². The molecule has 2 aromatic rings. The largest absolute Gasteiger partial charge is 0.339 e. The first-order valence-corrected chi connectivity index (χ1v) is 13.2. The molecule has 2 aliphatic rings. The van der Waals surface area contributed by atoms with E-state index in [1.165, 1.54) is 22.0 Å². The number of nitrogens with zero attached hydrogens (tertiary/aromatic N) is 5. The number of nitriles is 1. The van der Waals surface area contributed by atoms with Crippen LogP contribution >= 0.6 is 0 Å². The van der Waals surface area contributed by atoms with E-state index in [1.54, 1.807) is 17.0 Å². The van der Waals surface area contributed by atoms with Crippen molar-refractivity contribution in [3.8, 4) is 6.07 Å². The molecule has 2 aliphatic heterocycles. The van der Waals surface area contributed by atoms with Gasteiger partial charge in [0.05, 0.1) is 17.0 Å². The van der Waals surface area contributed by atoms with Crippen molar-refractivity contribution < 1.29 is 13.2 Å². The third-order valence-electron chi connectivity index (χ3n) is 6.51. The molecule has 2 heterocycles. The number of rotatable bonds is 6. The number of piperazine rings is 1. The Labute approximate surface area is 202 Å². The predicted octanol–water partition coefficient (Wildman–Crippen LogP) is 1.60. The molecule has 0 atom stereocenters. The zero-order chi connectivity index (χ0) is 24.0. The highest BCUT2D eigenvalue weighted by Crippen LogP contribution is 2.21. The molecule has 2 fully saturated rings. The second kappa shape index (κ2) is 11.1. The zero-order valence-electron chi connectivity index (χ0n) is 19.3. The van der Waals surface area contributed by atoms with Gasteiger partial charge in [-0.3, -0.25) is 14.6 Å². The Morgan fingerprint density at radius 3 is 2.21 bits per heavy atom. The number of benzene rings is 2. The second-order valence-corrected chi connectivity index (χ2v) is 10.7. The molecule has 0 saturated carbocycles. The van der Waals surface area contributed by atoms with Gasteiger partial charge in [-0.1, -0.05) is 42.5 Å². The van der Waals surface area contributed by atoms with Gasteiger partial charge in [0.25, 0.3) is 0 Å². The minimum Gasteiger partial charge on any atom is -0.339 e. The fraction of sp³-hybridized carbons (Fsp3) is 0.440. The quantitative estimate of drug-likeness (QED) is 0.623. The van der Waals surface area contributed by atoms with Crippen LogP contribution in [0, 0.1) is 11.3 Å². The fourth-order valence-electron chi connectivity index (χ4n) is 4.57. The monoisotopic (exact) mass is 481 g/mol. The molecule has 1 amide bonds. The fourth-order valence-corrected chi connectivity index (χ4v) is 6.14. The van der Waals surface area contributed by atoms with E-state index in [0.717, 1.165) is 39.1 Å². The summed E-state index contributed by atoms with van der Waals surface area (Å²) in [7, 11) is -3.76. The van der Waals surface area contributed by atoms with Gasteiger partial charge in [-0.25, -0.2) is 8.42 Å². The summed E-state index contributed by atoms with van der Waals surface area (Å²) in [4.78, 5) is 19.4. The molecule has 0 spiro atoms. The second-order valence-electron chi connectivity index (χ2n) is 8.78. The number of hydrogen-bond acceptors (Lipinski definition) is 6. The molecule has 9 heteroatoms. The van der Waals surface area contributed by atoms with Crippen molar-refractivity contribution in [1.29, 1.82) is 5.26 Å². The van der Waals surface area contributed by atoms with E-state index in [0.29, 0.717) is 19.6 Å². The van der Waals surface area contributed by atoms with Gasteiger partial charge in [-0.05, 0) is 37.2 Å². The minimum atomic E-state index is -3.76. The first-order chi connectivity index (χ1) is 16.5. The molecule has 2 aromatic carbocycles. The van der Waals surface area contributed by atoms with E-state index in [4.69, 9.17) is 0 Å². The highest BCUT2D eigenvalue weighted by molar-refractivity contribution is 7.89. The Hall–Kier alpha value is -2.77. The van der Waals surface area contributed by atoms with Gasteiger partial charge in [0.15, 0.2) is 0 Å². The summed E-state index contributed by atoms with van der Waals surface area (Å²) in [6.45, 7) is 6.15. The van der Waals surface area contributed by atoms with E-state index in [1.807, 2.05) is 12.1 Å². The lowest BCUT2D eigenvalue weighted by atomic mass is 10.2. The number of carbonyl (C=O) groups is 1. The molecule has 8 nitrogen and oxygen atoms in total. The maximum atomic E-state index is 13.0. The Balaban J connectivity index is 1.27. The van der Waals surface area contributed by atoms with Crippen molar-refractivity contribution >= 4 is 15.9 Å². The van der Waals surface area contributed by atoms with Crippen LogP contribution in [0.5, 0.6) is 0 Å². The van der Waals surface area contributed by atoms with Crippen molar-refractivity contribution in [2.24, 2.45) is 0 Å². The molecule has 2 saturated heterocycles.